The third kappa shape index (κ3) is 3.27. The molecule has 2 aromatic rings. The van der Waals surface area contributed by atoms with Crippen molar-refractivity contribution in [2.75, 3.05) is 7.11 Å². The first-order chi connectivity index (χ1) is 8.69. The smallest absolute Gasteiger partial charge is 0.358 e. The van der Waals surface area contributed by atoms with E-state index >= 15 is 0 Å². The number of aromatic nitrogens is 3. The lowest BCUT2D eigenvalue weighted by Crippen LogP contribution is -2.05. The lowest BCUT2D eigenvalue weighted by Gasteiger charge is -2.02. The summed E-state index contributed by atoms with van der Waals surface area (Å²) in [6.07, 6.45) is 4.63. The van der Waals surface area contributed by atoms with Crippen LogP contribution in [0.5, 0.6) is 0 Å². The van der Waals surface area contributed by atoms with E-state index in [9.17, 15) is 4.79 Å². The van der Waals surface area contributed by atoms with Crippen LogP contribution >= 0.6 is 27.7 Å². The molecule has 18 heavy (non-hydrogen) atoms. The van der Waals surface area contributed by atoms with E-state index in [-0.39, 0.29) is 5.69 Å². The molecule has 0 aliphatic rings. The maximum atomic E-state index is 11.3. The van der Waals surface area contributed by atoms with E-state index in [1.165, 1.54) is 25.1 Å². The summed E-state index contributed by atoms with van der Waals surface area (Å²) >= 11 is 4.63. The highest BCUT2D eigenvalue weighted by Gasteiger charge is 2.09. The quantitative estimate of drug-likeness (QED) is 0.808. The molecule has 0 atom stereocenters. The molecule has 0 fully saturated rings. The Kier molecular flexibility index (Phi) is 4.27. The monoisotopic (exact) mass is 325 g/mol. The van der Waals surface area contributed by atoms with Crippen molar-refractivity contribution in [1.82, 2.24) is 15.0 Å². The number of hydrogen-bond donors (Lipinski definition) is 0. The third-order valence-electron chi connectivity index (χ3n) is 1.92. The number of pyridine rings is 1. The fourth-order valence-electron chi connectivity index (χ4n) is 1.13. The van der Waals surface area contributed by atoms with Crippen LogP contribution in [0, 0.1) is 0 Å². The fourth-order valence-corrected chi connectivity index (χ4v) is 2.08. The molecule has 92 valence electrons. The number of hydrogen-bond acceptors (Lipinski definition) is 6. The lowest BCUT2D eigenvalue weighted by molar-refractivity contribution is 0.0592. The molecule has 0 aromatic carbocycles. The van der Waals surface area contributed by atoms with Gasteiger partial charge in [-0.2, -0.15) is 0 Å². The van der Waals surface area contributed by atoms with Crippen molar-refractivity contribution < 1.29 is 9.53 Å². The summed E-state index contributed by atoms with van der Waals surface area (Å²) in [5, 5.41) is 1.36. The van der Waals surface area contributed by atoms with Crippen molar-refractivity contribution in [1.29, 1.82) is 0 Å². The third-order valence-corrected chi connectivity index (χ3v) is 3.24. The van der Waals surface area contributed by atoms with Gasteiger partial charge in [0.15, 0.2) is 5.69 Å². The second-order valence-corrected chi connectivity index (χ2v) is 5.11. The first-order valence-electron chi connectivity index (χ1n) is 4.89. The topological polar surface area (TPSA) is 65.0 Å². The molecule has 0 aliphatic carbocycles. The van der Waals surface area contributed by atoms with Crippen LogP contribution < -0.4 is 0 Å². The highest BCUT2D eigenvalue weighted by molar-refractivity contribution is 9.10. The van der Waals surface area contributed by atoms with Crippen molar-refractivity contribution in [3.63, 3.8) is 0 Å². The van der Waals surface area contributed by atoms with Crippen LogP contribution in [0.3, 0.4) is 0 Å². The zero-order valence-electron chi connectivity index (χ0n) is 9.33. The van der Waals surface area contributed by atoms with Gasteiger partial charge in [-0.3, -0.25) is 4.98 Å². The van der Waals surface area contributed by atoms with E-state index in [0.29, 0.717) is 5.03 Å². The molecule has 0 unspecified atom stereocenters. The van der Waals surface area contributed by atoms with E-state index < -0.39 is 5.97 Å². The van der Waals surface area contributed by atoms with Gasteiger partial charge in [0.25, 0.3) is 0 Å². The Bertz CT molecular complexity index is 562. The van der Waals surface area contributed by atoms with Crippen molar-refractivity contribution in [2.24, 2.45) is 0 Å². The van der Waals surface area contributed by atoms with Gasteiger partial charge in [0.1, 0.15) is 10.1 Å². The molecule has 0 spiro atoms. The minimum atomic E-state index is -0.506. The lowest BCUT2D eigenvalue weighted by atomic mass is 10.5. The summed E-state index contributed by atoms with van der Waals surface area (Å²) < 4.78 is 5.49. The number of esters is 1. The number of halogens is 1. The summed E-state index contributed by atoms with van der Waals surface area (Å²) in [7, 11) is 1.31. The largest absolute Gasteiger partial charge is 0.464 e. The minimum absolute atomic E-state index is 0.180. The number of rotatable bonds is 3. The van der Waals surface area contributed by atoms with Gasteiger partial charge in [0.2, 0.25) is 0 Å². The Labute approximate surface area is 116 Å². The predicted octanol–water partition coefficient (Wildman–Crippen LogP) is 2.57. The molecule has 0 amide bonds. The minimum Gasteiger partial charge on any atom is -0.464 e. The molecular weight excluding hydrogens is 318 g/mol. The molecule has 0 aliphatic heterocycles. The zero-order valence-corrected chi connectivity index (χ0v) is 11.7. The van der Waals surface area contributed by atoms with Crippen LogP contribution in [0.2, 0.25) is 0 Å². The van der Waals surface area contributed by atoms with Gasteiger partial charge >= 0.3 is 5.97 Å². The molecule has 5 nitrogen and oxygen atoms in total. The standard InChI is InChI=1S/C11H8BrN3O2S/c1-17-11(16)8-5-13-6-10(15-8)18-9-3-2-7(12)4-14-9/h2-6H,1H3. The summed E-state index contributed by atoms with van der Waals surface area (Å²) in [5.41, 5.74) is 0.180. The van der Waals surface area contributed by atoms with Crippen LogP contribution in [0.4, 0.5) is 0 Å². The van der Waals surface area contributed by atoms with Crippen molar-refractivity contribution in [3.05, 3.63) is 40.9 Å². The molecule has 0 N–H and O–H groups in total. The second kappa shape index (κ2) is 5.92. The number of methoxy groups -OCH3 is 1. The predicted molar refractivity (Wildman–Crippen MR) is 69.4 cm³/mol. The maximum Gasteiger partial charge on any atom is 0.358 e. The van der Waals surface area contributed by atoms with Gasteiger partial charge in [0, 0.05) is 10.7 Å². The normalized spacial score (nSPS) is 10.1. The van der Waals surface area contributed by atoms with Crippen LogP contribution in [0.1, 0.15) is 10.5 Å². The van der Waals surface area contributed by atoms with E-state index in [4.69, 9.17) is 0 Å². The van der Waals surface area contributed by atoms with Crippen LogP contribution in [-0.2, 0) is 4.74 Å². The molecule has 2 heterocycles. The Hall–Kier alpha value is -1.47. The summed E-state index contributed by atoms with van der Waals surface area (Å²) in [4.78, 5) is 23.6. The summed E-state index contributed by atoms with van der Waals surface area (Å²) in [6.45, 7) is 0. The summed E-state index contributed by atoms with van der Waals surface area (Å²) in [6, 6.07) is 3.73. The highest BCUT2D eigenvalue weighted by Crippen LogP contribution is 2.24. The Morgan fingerprint density at radius 2 is 2.11 bits per heavy atom. The fraction of sp³-hybridized carbons (Fsp3) is 0.0909. The first kappa shape index (κ1) is 13.0. The van der Waals surface area contributed by atoms with E-state index in [0.717, 1.165) is 9.50 Å². The molecule has 0 saturated carbocycles. The molecular formula is C11H8BrN3O2S. The van der Waals surface area contributed by atoms with Crippen LogP contribution in [0.15, 0.2) is 45.2 Å². The van der Waals surface area contributed by atoms with Gasteiger partial charge in [-0.1, -0.05) is 0 Å². The number of carbonyl (C=O) groups excluding carboxylic acids is 1. The highest BCUT2D eigenvalue weighted by atomic mass is 79.9. The zero-order chi connectivity index (χ0) is 13.0. The SMILES string of the molecule is COC(=O)c1cncc(Sc2ccc(Br)cn2)n1. The van der Waals surface area contributed by atoms with Gasteiger partial charge < -0.3 is 4.74 Å². The number of ether oxygens (including phenoxy) is 1. The van der Waals surface area contributed by atoms with Gasteiger partial charge in [-0.15, -0.1) is 0 Å². The van der Waals surface area contributed by atoms with Crippen molar-refractivity contribution in [3.8, 4) is 0 Å². The van der Waals surface area contributed by atoms with E-state index in [1.807, 2.05) is 12.1 Å². The Morgan fingerprint density at radius 3 is 2.78 bits per heavy atom. The summed E-state index contributed by atoms with van der Waals surface area (Å²) in [5.74, 6) is -0.506. The number of carbonyl (C=O) groups is 1. The Morgan fingerprint density at radius 1 is 1.28 bits per heavy atom. The molecule has 0 bridgehead atoms. The molecule has 7 heteroatoms. The second-order valence-electron chi connectivity index (χ2n) is 3.15. The van der Waals surface area contributed by atoms with E-state index in [1.54, 1.807) is 12.4 Å². The molecule has 2 rings (SSSR count). The number of nitrogens with zero attached hydrogens (tertiary/aromatic N) is 3. The Balaban J connectivity index is 2.19. The van der Waals surface area contributed by atoms with E-state index in [2.05, 4.69) is 35.6 Å². The molecule has 0 saturated heterocycles. The van der Waals surface area contributed by atoms with Gasteiger partial charge in [0.05, 0.1) is 19.5 Å². The van der Waals surface area contributed by atoms with Crippen molar-refractivity contribution >= 4 is 33.7 Å². The van der Waals surface area contributed by atoms with Crippen molar-refractivity contribution in [2.45, 2.75) is 10.1 Å². The molecule has 2 aromatic heterocycles. The van der Waals surface area contributed by atoms with Gasteiger partial charge in [-0.25, -0.2) is 14.8 Å². The van der Waals surface area contributed by atoms with Gasteiger partial charge in [-0.05, 0) is 39.8 Å². The maximum absolute atomic E-state index is 11.3. The average Bonchev–Trinajstić information content (AvgIpc) is 2.41. The first-order valence-corrected chi connectivity index (χ1v) is 6.50. The average molecular weight is 326 g/mol. The van der Waals surface area contributed by atoms with Crippen LogP contribution in [-0.4, -0.2) is 28.0 Å². The van der Waals surface area contributed by atoms with Crippen LogP contribution in [0.25, 0.3) is 0 Å². The molecule has 0 radical (unpaired) electrons.